The van der Waals surface area contributed by atoms with Crippen molar-refractivity contribution in [1.29, 1.82) is 0 Å². The third kappa shape index (κ3) is 1.89. The van der Waals surface area contributed by atoms with Gasteiger partial charge in [-0.2, -0.15) is 0 Å². The van der Waals surface area contributed by atoms with Crippen LogP contribution < -0.4 is 5.32 Å². The largest absolute Gasteiger partial charge is 0.346 e. The van der Waals surface area contributed by atoms with Crippen LogP contribution in [0.4, 0.5) is 0 Å². The van der Waals surface area contributed by atoms with Gasteiger partial charge in [-0.25, -0.2) is 4.98 Å². The first kappa shape index (κ1) is 12.2. The van der Waals surface area contributed by atoms with Gasteiger partial charge in [0.1, 0.15) is 5.69 Å². The molecule has 1 amide bonds. The molecule has 2 aromatic heterocycles. The molecule has 4 rings (SSSR count). The summed E-state index contributed by atoms with van der Waals surface area (Å²) >= 11 is 6.02. The fraction of sp³-hybridized carbons (Fsp3) is 0.429. The van der Waals surface area contributed by atoms with Crippen molar-refractivity contribution < 1.29 is 4.79 Å². The molecule has 0 radical (unpaired) electrons. The van der Waals surface area contributed by atoms with E-state index in [4.69, 9.17) is 11.6 Å². The van der Waals surface area contributed by atoms with Gasteiger partial charge in [0.15, 0.2) is 0 Å². The van der Waals surface area contributed by atoms with E-state index in [1.54, 1.807) is 18.5 Å². The zero-order valence-electron chi connectivity index (χ0n) is 10.9. The summed E-state index contributed by atoms with van der Waals surface area (Å²) in [5, 5.41) is 3.75. The highest BCUT2D eigenvalue weighted by Crippen LogP contribution is 2.27. The Morgan fingerprint density at radius 1 is 1.45 bits per heavy atom. The van der Waals surface area contributed by atoms with E-state index in [1.165, 1.54) is 13.0 Å². The van der Waals surface area contributed by atoms with Crippen LogP contribution in [0.3, 0.4) is 0 Å². The third-order valence-electron chi connectivity index (χ3n) is 4.37. The van der Waals surface area contributed by atoms with Crippen molar-refractivity contribution in [2.45, 2.75) is 12.5 Å². The average Bonchev–Trinajstić information content (AvgIpc) is 3.14. The summed E-state index contributed by atoms with van der Waals surface area (Å²) < 4.78 is 1.83. The van der Waals surface area contributed by atoms with Crippen LogP contribution >= 0.6 is 11.6 Å². The third-order valence-corrected chi connectivity index (χ3v) is 4.69. The standard InChI is InChI=1S/C14H15ClN4O/c15-10-2-4-19-8-12(16-5-13(10)19)14(20)17-11-7-18-3-1-9(11)6-18/h2,4-5,8-9,11H,1,3,6-7H2,(H,17,20)/t9-,11?/m0/s1. The molecule has 2 aromatic rings. The Bertz CT molecular complexity index is 683. The minimum Gasteiger partial charge on any atom is -0.346 e. The van der Waals surface area contributed by atoms with Gasteiger partial charge in [-0.3, -0.25) is 4.79 Å². The number of carbonyl (C=O) groups is 1. The molecule has 6 heteroatoms. The summed E-state index contributed by atoms with van der Waals surface area (Å²) in [5.41, 5.74) is 1.25. The molecule has 1 N–H and O–H groups in total. The second-order valence-electron chi connectivity index (χ2n) is 5.62. The Balaban J connectivity index is 1.54. The molecule has 104 valence electrons. The molecule has 0 saturated carbocycles. The second-order valence-corrected chi connectivity index (χ2v) is 6.02. The van der Waals surface area contributed by atoms with E-state index in [-0.39, 0.29) is 11.9 Å². The normalized spacial score (nSPS) is 28.1. The van der Waals surface area contributed by atoms with E-state index in [0.29, 0.717) is 16.6 Å². The molecule has 0 aromatic carbocycles. The maximum atomic E-state index is 12.3. The SMILES string of the molecule is O=C(NC1CN2CC[C@H]1C2)c1cn2ccc(Cl)c2cn1. The average molecular weight is 291 g/mol. The number of piperidine rings is 1. The number of aromatic nitrogens is 2. The van der Waals surface area contributed by atoms with Crippen molar-refractivity contribution in [2.24, 2.45) is 5.92 Å². The van der Waals surface area contributed by atoms with E-state index >= 15 is 0 Å². The highest BCUT2D eigenvalue weighted by Gasteiger charge is 2.38. The van der Waals surface area contributed by atoms with Gasteiger partial charge in [-0.05, 0) is 24.9 Å². The van der Waals surface area contributed by atoms with Gasteiger partial charge in [0, 0.05) is 31.5 Å². The maximum absolute atomic E-state index is 12.3. The van der Waals surface area contributed by atoms with Crippen molar-refractivity contribution in [3.05, 3.63) is 35.4 Å². The van der Waals surface area contributed by atoms with Gasteiger partial charge in [0.2, 0.25) is 0 Å². The molecule has 3 atom stereocenters. The van der Waals surface area contributed by atoms with Gasteiger partial charge >= 0.3 is 0 Å². The number of nitrogens with zero attached hydrogens (tertiary/aromatic N) is 3. The lowest BCUT2D eigenvalue weighted by Gasteiger charge is -2.22. The predicted octanol–water partition coefficient (Wildman–Crippen LogP) is 1.42. The number of rotatable bonds is 2. The molecule has 0 spiro atoms. The molecule has 20 heavy (non-hydrogen) atoms. The van der Waals surface area contributed by atoms with Crippen LogP contribution in [0.2, 0.25) is 5.02 Å². The molecule has 2 saturated heterocycles. The fourth-order valence-corrected chi connectivity index (χ4v) is 3.48. The smallest absolute Gasteiger partial charge is 0.271 e. The van der Waals surface area contributed by atoms with Crippen LogP contribution in [-0.4, -0.2) is 45.9 Å². The first-order valence-corrected chi connectivity index (χ1v) is 7.24. The van der Waals surface area contributed by atoms with Crippen LogP contribution in [0.25, 0.3) is 5.52 Å². The number of fused-ring (bicyclic) bond motifs is 3. The summed E-state index contributed by atoms with van der Waals surface area (Å²) in [6.45, 7) is 3.25. The lowest BCUT2D eigenvalue weighted by molar-refractivity contribution is 0.0919. The summed E-state index contributed by atoms with van der Waals surface area (Å²) in [6, 6.07) is 2.06. The molecule has 2 aliphatic heterocycles. The summed E-state index contributed by atoms with van der Waals surface area (Å²) in [6.07, 6.45) is 6.38. The second kappa shape index (κ2) is 4.46. The maximum Gasteiger partial charge on any atom is 0.271 e. The highest BCUT2D eigenvalue weighted by molar-refractivity contribution is 6.33. The van der Waals surface area contributed by atoms with Crippen molar-refractivity contribution >= 4 is 23.0 Å². The van der Waals surface area contributed by atoms with Crippen molar-refractivity contribution in [3.63, 3.8) is 0 Å². The number of carbonyl (C=O) groups excluding carboxylic acids is 1. The molecule has 5 nitrogen and oxygen atoms in total. The zero-order valence-corrected chi connectivity index (χ0v) is 11.7. The Kier molecular flexibility index (Phi) is 2.72. The number of hydrogen-bond acceptors (Lipinski definition) is 3. The van der Waals surface area contributed by atoms with E-state index < -0.39 is 0 Å². The minimum atomic E-state index is -0.101. The Labute approximate surface area is 121 Å². The van der Waals surface area contributed by atoms with Gasteiger partial charge < -0.3 is 14.6 Å². The summed E-state index contributed by atoms with van der Waals surface area (Å²) in [7, 11) is 0. The zero-order chi connectivity index (χ0) is 13.7. The van der Waals surface area contributed by atoms with Crippen molar-refractivity contribution in [2.75, 3.05) is 19.6 Å². The van der Waals surface area contributed by atoms with Crippen molar-refractivity contribution in [3.8, 4) is 0 Å². The molecule has 2 unspecified atom stereocenters. The van der Waals surface area contributed by atoms with E-state index in [1.807, 2.05) is 10.6 Å². The van der Waals surface area contributed by atoms with E-state index in [9.17, 15) is 4.79 Å². The lowest BCUT2D eigenvalue weighted by Crippen LogP contribution is -2.43. The fourth-order valence-electron chi connectivity index (χ4n) is 3.28. The Hall–Kier alpha value is -1.59. The van der Waals surface area contributed by atoms with Crippen LogP contribution in [0.1, 0.15) is 16.9 Å². The molecule has 4 heterocycles. The number of amides is 1. The Morgan fingerprint density at radius 2 is 2.35 bits per heavy atom. The monoisotopic (exact) mass is 290 g/mol. The molecular weight excluding hydrogens is 276 g/mol. The van der Waals surface area contributed by atoms with Gasteiger partial charge in [-0.1, -0.05) is 11.6 Å². The Morgan fingerprint density at radius 3 is 3.10 bits per heavy atom. The van der Waals surface area contributed by atoms with Gasteiger partial charge in [0.25, 0.3) is 5.91 Å². The van der Waals surface area contributed by atoms with Gasteiger partial charge in [-0.15, -0.1) is 0 Å². The molecule has 0 aliphatic carbocycles. The number of halogens is 1. The van der Waals surface area contributed by atoms with Crippen molar-refractivity contribution in [1.82, 2.24) is 19.6 Å². The van der Waals surface area contributed by atoms with E-state index in [0.717, 1.165) is 18.6 Å². The minimum absolute atomic E-state index is 0.101. The van der Waals surface area contributed by atoms with Crippen LogP contribution in [0.5, 0.6) is 0 Å². The van der Waals surface area contributed by atoms with Crippen LogP contribution in [-0.2, 0) is 0 Å². The number of nitrogens with one attached hydrogen (secondary N) is 1. The predicted molar refractivity (Wildman–Crippen MR) is 76.0 cm³/mol. The lowest BCUT2D eigenvalue weighted by atomic mass is 10.00. The summed E-state index contributed by atoms with van der Waals surface area (Å²) in [4.78, 5) is 18.9. The molecule has 2 aliphatic rings. The quantitative estimate of drug-likeness (QED) is 0.910. The van der Waals surface area contributed by atoms with Crippen LogP contribution in [0.15, 0.2) is 24.7 Å². The van der Waals surface area contributed by atoms with Gasteiger partial charge in [0.05, 0.1) is 16.7 Å². The first-order chi connectivity index (χ1) is 9.70. The molecule has 2 bridgehead atoms. The first-order valence-electron chi connectivity index (χ1n) is 6.86. The van der Waals surface area contributed by atoms with Crippen LogP contribution in [0, 0.1) is 5.92 Å². The number of hydrogen-bond donors (Lipinski definition) is 1. The topological polar surface area (TPSA) is 49.6 Å². The van der Waals surface area contributed by atoms with E-state index in [2.05, 4.69) is 15.2 Å². The summed E-state index contributed by atoms with van der Waals surface area (Å²) in [5.74, 6) is 0.499. The molecule has 2 fully saturated rings. The highest BCUT2D eigenvalue weighted by atomic mass is 35.5. The molecular formula is C14H15ClN4O.